The maximum absolute atomic E-state index is 14.6. The molecule has 2 aromatic rings. The zero-order valence-corrected chi connectivity index (χ0v) is 23.9. The Morgan fingerprint density at radius 1 is 0.950 bits per heavy atom. The van der Waals surface area contributed by atoms with E-state index in [1.165, 1.54) is 0 Å². The largest absolute Gasteiger partial charge is 0.396 e. The Kier molecular flexibility index (Phi) is 7.27. The number of unbranched alkanes of at least 4 members (excludes halogenated alkanes) is 1. The molecule has 4 heterocycles. The lowest BCUT2D eigenvalue weighted by molar-refractivity contribution is -0.138. The van der Waals surface area contributed by atoms with Crippen molar-refractivity contribution < 1.29 is 19.5 Å². The first-order chi connectivity index (χ1) is 19.4. The van der Waals surface area contributed by atoms with Crippen LogP contribution in [0.2, 0.25) is 5.02 Å². The molecule has 0 radical (unpaired) electrons. The van der Waals surface area contributed by atoms with E-state index < -0.39 is 22.6 Å². The highest BCUT2D eigenvalue weighted by Gasteiger charge is 2.71. The summed E-state index contributed by atoms with van der Waals surface area (Å²) in [6, 6.07) is 14.3. The Balaban J connectivity index is 1.44. The highest BCUT2D eigenvalue weighted by atomic mass is 35.5. The van der Waals surface area contributed by atoms with Crippen LogP contribution in [0.25, 0.3) is 0 Å². The molecule has 0 aromatic heterocycles. The number of thioether (sulfide) groups is 1. The number of para-hydroxylation sites is 2. The summed E-state index contributed by atoms with van der Waals surface area (Å²) >= 11 is 8.19. The van der Waals surface area contributed by atoms with Gasteiger partial charge < -0.3 is 19.8 Å². The summed E-state index contributed by atoms with van der Waals surface area (Å²) in [6.45, 7) is 3.02. The fourth-order valence-electron chi connectivity index (χ4n) is 6.78. The number of carbonyl (C=O) groups excluding carboxylic acids is 3. The summed E-state index contributed by atoms with van der Waals surface area (Å²) in [7, 11) is 0. The smallest absolute Gasteiger partial charge is 0.251 e. The van der Waals surface area contributed by atoms with E-state index in [9.17, 15) is 19.5 Å². The van der Waals surface area contributed by atoms with E-state index in [0.717, 1.165) is 11.3 Å². The van der Waals surface area contributed by atoms with E-state index in [1.807, 2.05) is 73.7 Å². The molecule has 1 spiro atoms. The van der Waals surface area contributed by atoms with E-state index in [-0.39, 0.29) is 29.6 Å². The van der Waals surface area contributed by atoms with Crippen LogP contribution in [0.4, 0.5) is 11.4 Å². The lowest BCUT2D eigenvalue weighted by Crippen LogP contribution is -2.53. The minimum atomic E-state index is -0.897. The molecule has 40 heavy (non-hydrogen) atoms. The summed E-state index contributed by atoms with van der Waals surface area (Å²) in [4.78, 5) is 48.3. The minimum Gasteiger partial charge on any atom is -0.396 e. The predicted octanol–water partition coefficient (Wildman–Crippen LogP) is 4.22. The van der Waals surface area contributed by atoms with Gasteiger partial charge in [-0.15, -0.1) is 11.8 Å². The van der Waals surface area contributed by atoms with Crippen molar-refractivity contribution in [3.8, 4) is 0 Å². The van der Waals surface area contributed by atoms with Crippen LogP contribution in [0.5, 0.6) is 0 Å². The first kappa shape index (κ1) is 27.1. The quantitative estimate of drug-likeness (QED) is 0.411. The van der Waals surface area contributed by atoms with E-state index >= 15 is 0 Å². The van der Waals surface area contributed by atoms with Gasteiger partial charge in [0.2, 0.25) is 11.8 Å². The Bertz CT molecular complexity index is 1380. The molecule has 208 valence electrons. The van der Waals surface area contributed by atoms with Crippen molar-refractivity contribution in [1.82, 2.24) is 4.90 Å². The number of hydrogen-bond donors (Lipinski definition) is 1. The van der Waals surface area contributed by atoms with Gasteiger partial charge in [0.15, 0.2) is 0 Å². The third kappa shape index (κ3) is 4.19. The highest BCUT2D eigenvalue weighted by molar-refractivity contribution is 8.02. The van der Waals surface area contributed by atoms with Gasteiger partial charge in [0, 0.05) is 37.2 Å². The third-order valence-electron chi connectivity index (χ3n) is 8.49. The molecule has 1 N–H and O–H groups in total. The molecular weight excluding hydrogens is 546 g/mol. The standard InChI is InChI=1S/C31H32ClN3O4S/c1-20-10-7-13-22(32)26(20)34-18-9-15-31-25(29(38)35(16-5-6-19-36)27(31)30(34)39)24-23(40-31)14-8-17-33(28(24)37)21-11-3-2-4-12-21/h2-4,7-15,23-25,27,36H,5-6,16-19H2,1H3/t23-,24+,25+,27?,31+/m1/s1. The Morgan fingerprint density at radius 3 is 2.48 bits per heavy atom. The van der Waals surface area contributed by atoms with E-state index in [0.29, 0.717) is 43.2 Å². The first-order valence-corrected chi connectivity index (χ1v) is 15.0. The topological polar surface area (TPSA) is 81.2 Å². The van der Waals surface area contributed by atoms with Crippen LogP contribution in [0, 0.1) is 18.8 Å². The van der Waals surface area contributed by atoms with Gasteiger partial charge in [-0.1, -0.05) is 66.2 Å². The lowest BCUT2D eigenvalue weighted by atomic mass is 9.78. The number of aliphatic hydroxyl groups is 1. The number of aryl methyl sites for hydroxylation is 1. The summed E-state index contributed by atoms with van der Waals surface area (Å²) in [6.07, 6.45) is 9.10. The Labute approximate surface area is 243 Å². The second-order valence-electron chi connectivity index (χ2n) is 10.8. The summed E-state index contributed by atoms with van der Waals surface area (Å²) in [5, 5.41) is 9.68. The average Bonchev–Trinajstić information content (AvgIpc) is 3.25. The molecule has 4 aliphatic heterocycles. The van der Waals surface area contributed by atoms with Crippen LogP contribution in [0.15, 0.2) is 72.8 Å². The second kappa shape index (κ2) is 10.7. The van der Waals surface area contributed by atoms with Crippen molar-refractivity contribution in [3.05, 3.63) is 83.4 Å². The molecule has 2 fully saturated rings. The van der Waals surface area contributed by atoms with Crippen molar-refractivity contribution in [1.29, 1.82) is 0 Å². The molecule has 7 nitrogen and oxygen atoms in total. The highest BCUT2D eigenvalue weighted by Crippen LogP contribution is 2.61. The number of anilines is 2. The molecule has 0 saturated carbocycles. The normalized spacial score (nSPS) is 29.4. The fourth-order valence-corrected chi connectivity index (χ4v) is 9.11. The number of nitrogens with zero attached hydrogens (tertiary/aromatic N) is 3. The number of amides is 3. The molecule has 2 saturated heterocycles. The van der Waals surface area contributed by atoms with Crippen LogP contribution in [0.1, 0.15) is 18.4 Å². The summed E-state index contributed by atoms with van der Waals surface area (Å²) in [5.41, 5.74) is 2.31. The van der Waals surface area contributed by atoms with Gasteiger partial charge in [-0.3, -0.25) is 14.4 Å². The first-order valence-electron chi connectivity index (χ1n) is 13.8. The van der Waals surface area contributed by atoms with Crippen molar-refractivity contribution >= 4 is 52.5 Å². The van der Waals surface area contributed by atoms with Crippen LogP contribution in [0.3, 0.4) is 0 Å². The average molecular weight is 578 g/mol. The summed E-state index contributed by atoms with van der Waals surface area (Å²) < 4.78 is -0.897. The van der Waals surface area contributed by atoms with E-state index in [2.05, 4.69) is 0 Å². The zero-order chi connectivity index (χ0) is 28.0. The summed E-state index contributed by atoms with van der Waals surface area (Å²) in [5.74, 6) is -1.75. The number of rotatable bonds is 6. The monoisotopic (exact) mass is 577 g/mol. The molecule has 3 amide bonds. The third-order valence-corrected chi connectivity index (χ3v) is 10.5. The van der Waals surface area contributed by atoms with Gasteiger partial charge in [-0.2, -0.15) is 0 Å². The van der Waals surface area contributed by atoms with Crippen molar-refractivity contribution in [2.24, 2.45) is 11.8 Å². The fraction of sp³-hybridized carbons (Fsp3) is 0.387. The number of likely N-dealkylation sites (tertiary alicyclic amines) is 1. The predicted molar refractivity (Wildman–Crippen MR) is 159 cm³/mol. The number of aliphatic hydroxyl groups excluding tert-OH is 1. The number of fused-ring (bicyclic) bond motifs is 2. The molecule has 0 bridgehead atoms. The van der Waals surface area contributed by atoms with Gasteiger partial charge >= 0.3 is 0 Å². The molecular formula is C31H32ClN3O4S. The lowest BCUT2D eigenvalue weighted by Gasteiger charge is -2.35. The van der Waals surface area contributed by atoms with Gasteiger partial charge in [0.25, 0.3) is 5.91 Å². The van der Waals surface area contributed by atoms with E-state index in [1.54, 1.807) is 32.5 Å². The Morgan fingerprint density at radius 2 is 1.73 bits per heavy atom. The van der Waals surface area contributed by atoms with Crippen molar-refractivity contribution in [3.63, 3.8) is 0 Å². The van der Waals surface area contributed by atoms with Crippen LogP contribution in [-0.2, 0) is 14.4 Å². The zero-order valence-electron chi connectivity index (χ0n) is 22.3. The molecule has 6 rings (SSSR count). The van der Waals surface area contributed by atoms with Crippen molar-refractivity contribution in [2.45, 2.75) is 35.8 Å². The molecule has 1 unspecified atom stereocenters. The maximum Gasteiger partial charge on any atom is 0.251 e. The van der Waals surface area contributed by atoms with Crippen LogP contribution >= 0.6 is 23.4 Å². The van der Waals surface area contributed by atoms with Gasteiger partial charge in [-0.05, 0) is 43.5 Å². The van der Waals surface area contributed by atoms with Gasteiger partial charge in [-0.25, -0.2) is 0 Å². The molecule has 4 aliphatic rings. The second-order valence-corrected chi connectivity index (χ2v) is 12.7. The van der Waals surface area contributed by atoms with Crippen LogP contribution < -0.4 is 9.80 Å². The molecule has 5 atom stereocenters. The minimum absolute atomic E-state index is 0.00876. The van der Waals surface area contributed by atoms with Crippen LogP contribution in [-0.4, -0.2) is 70.0 Å². The van der Waals surface area contributed by atoms with Gasteiger partial charge in [0.1, 0.15) is 6.04 Å². The van der Waals surface area contributed by atoms with Gasteiger partial charge in [0.05, 0.1) is 27.3 Å². The number of hydrogen-bond acceptors (Lipinski definition) is 5. The maximum atomic E-state index is 14.6. The van der Waals surface area contributed by atoms with Crippen molar-refractivity contribution in [2.75, 3.05) is 36.0 Å². The SMILES string of the molecule is Cc1cccc(Cl)c1N1CC=C[C@]23S[C@@H]4C=CCN(c5ccccc5)C(=O)[C@@H]4[C@H]2C(=O)N(CCCCO)C3C1=O. The van der Waals surface area contributed by atoms with E-state index in [4.69, 9.17) is 11.6 Å². The molecule has 9 heteroatoms. The molecule has 0 aliphatic carbocycles. The number of carbonyl (C=O) groups is 3. The Hall–Kier alpha value is -3.07. The number of benzene rings is 2. The molecule has 2 aromatic carbocycles. The number of halogens is 1.